The van der Waals surface area contributed by atoms with Crippen LogP contribution in [0, 0.1) is 0 Å². The van der Waals surface area contributed by atoms with Gasteiger partial charge >= 0.3 is 0 Å². The maximum atomic E-state index is 12.9. The van der Waals surface area contributed by atoms with Crippen molar-refractivity contribution in [3.05, 3.63) is 96.1 Å². The lowest BCUT2D eigenvalue weighted by Gasteiger charge is -2.34. The molecule has 1 N–H and O–H groups in total. The molecule has 6 heteroatoms. The topological polar surface area (TPSA) is 61.9 Å². The SMILES string of the molecule is O=C(CN1CCN(C(=O)c2ccc(COc3ccccc3)cc2)CC1)Nc1ccccc1. The van der Waals surface area contributed by atoms with Crippen LogP contribution in [0.5, 0.6) is 5.75 Å². The van der Waals surface area contributed by atoms with Crippen LogP contribution >= 0.6 is 0 Å². The van der Waals surface area contributed by atoms with Crippen LogP contribution in [0.2, 0.25) is 0 Å². The lowest BCUT2D eigenvalue weighted by Crippen LogP contribution is -2.50. The second-order valence-electron chi connectivity index (χ2n) is 7.78. The normalized spacial score (nSPS) is 14.1. The molecule has 2 amide bonds. The van der Waals surface area contributed by atoms with Gasteiger partial charge in [-0.25, -0.2) is 0 Å². The van der Waals surface area contributed by atoms with Gasteiger partial charge in [-0.2, -0.15) is 0 Å². The zero-order valence-electron chi connectivity index (χ0n) is 17.9. The molecule has 0 bridgehead atoms. The van der Waals surface area contributed by atoms with Crippen LogP contribution in [-0.2, 0) is 11.4 Å². The monoisotopic (exact) mass is 429 g/mol. The first-order valence-corrected chi connectivity index (χ1v) is 10.8. The van der Waals surface area contributed by atoms with E-state index in [-0.39, 0.29) is 11.8 Å². The largest absolute Gasteiger partial charge is 0.489 e. The lowest BCUT2D eigenvalue weighted by molar-refractivity contribution is -0.117. The molecule has 0 unspecified atom stereocenters. The number of hydrogen-bond donors (Lipinski definition) is 1. The van der Waals surface area contributed by atoms with Gasteiger partial charge in [-0.05, 0) is 42.0 Å². The second kappa shape index (κ2) is 10.6. The van der Waals surface area contributed by atoms with Crippen molar-refractivity contribution in [1.29, 1.82) is 0 Å². The molecule has 1 fully saturated rings. The summed E-state index contributed by atoms with van der Waals surface area (Å²) in [6.07, 6.45) is 0. The highest BCUT2D eigenvalue weighted by Crippen LogP contribution is 2.14. The van der Waals surface area contributed by atoms with Crippen molar-refractivity contribution in [2.24, 2.45) is 0 Å². The number of nitrogens with one attached hydrogen (secondary N) is 1. The third kappa shape index (κ3) is 5.95. The number of nitrogens with zero attached hydrogens (tertiary/aromatic N) is 2. The molecule has 1 aliphatic rings. The molecule has 6 nitrogen and oxygen atoms in total. The summed E-state index contributed by atoms with van der Waals surface area (Å²) in [6, 6.07) is 26.7. The molecule has 0 aromatic heterocycles. The summed E-state index contributed by atoms with van der Waals surface area (Å²) >= 11 is 0. The number of para-hydroxylation sites is 2. The number of anilines is 1. The minimum atomic E-state index is -0.0377. The van der Waals surface area contributed by atoms with Crippen molar-refractivity contribution in [3.63, 3.8) is 0 Å². The van der Waals surface area contributed by atoms with E-state index < -0.39 is 0 Å². The number of benzene rings is 3. The number of hydrogen-bond acceptors (Lipinski definition) is 4. The minimum absolute atomic E-state index is 0.0221. The summed E-state index contributed by atoms with van der Waals surface area (Å²) in [5.41, 5.74) is 2.48. The smallest absolute Gasteiger partial charge is 0.253 e. The number of carbonyl (C=O) groups excluding carboxylic acids is 2. The molecule has 0 spiro atoms. The van der Waals surface area contributed by atoms with E-state index in [2.05, 4.69) is 10.2 Å². The van der Waals surface area contributed by atoms with Crippen molar-refractivity contribution in [1.82, 2.24) is 9.80 Å². The average molecular weight is 430 g/mol. The van der Waals surface area contributed by atoms with Gasteiger partial charge in [0.15, 0.2) is 0 Å². The summed E-state index contributed by atoms with van der Waals surface area (Å²) < 4.78 is 5.76. The van der Waals surface area contributed by atoms with Gasteiger partial charge in [0.05, 0.1) is 6.54 Å². The number of piperazine rings is 1. The fraction of sp³-hybridized carbons (Fsp3) is 0.231. The van der Waals surface area contributed by atoms with Crippen LogP contribution in [0.15, 0.2) is 84.9 Å². The van der Waals surface area contributed by atoms with Gasteiger partial charge < -0.3 is 15.0 Å². The van der Waals surface area contributed by atoms with Gasteiger partial charge in [-0.3, -0.25) is 14.5 Å². The van der Waals surface area contributed by atoms with Gasteiger partial charge in [0.2, 0.25) is 5.91 Å². The highest BCUT2D eigenvalue weighted by molar-refractivity contribution is 5.94. The molecule has 1 aliphatic heterocycles. The molecule has 3 aromatic carbocycles. The Balaban J connectivity index is 1.23. The Hall–Kier alpha value is -3.64. The molecule has 0 atom stereocenters. The highest BCUT2D eigenvalue weighted by Gasteiger charge is 2.23. The Morgan fingerprint density at radius 1 is 0.781 bits per heavy atom. The van der Waals surface area contributed by atoms with E-state index in [1.807, 2.05) is 89.8 Å². The molecule has 164 valence electrons. The Kier molecular flexibility index (Phi) is 7.15. The molecule has 0 aliphatic carbocycles. The van der Waals surface area contributed by atoms with Crippen LogP contribution in [0.4, 0.5) is 5.69 Å². The zero-order chi connectivity index (χ0) is 22.2. The van der Waals surface area contributed by atoms with Crippen LogP contribution in [0.3, 0.4) is 0 Å². The Morgan fingerprint density at radius 2 is 1.41 bits per heavy atom. The molecule has 0 radical (unpaired) electrons. The number of ether oxygens (including phenoxy) is 1. The second-order valence-corrected chi connectivity index (χ2v) is 7.78. The highest BCUT2D eigenvalue weighted by atomic mass is 16.5. The summed E-state index contributed by atoms with van der Waals surface area (Å²) in [5, 5.41) is 2.90. The Morgan fingerprint density at radius 3 is 2.06 bits per heavy atom. The number of carbonyl (C=O) groups is 2. The van der Waals surface area contributed by atoms with E-state index in [9.17, 15) is 9.59 Å². The first-order valence-electron chi connectivity index (χ1n) is 10.8. The van der Waals surface area contributed by atoms with Crippen LogP contribution < -0.4 is 10.1 Å². The van der Waals surface area contributed by atoms with Crippen molar-refractivity contribution >= 4 is 17.5 Å². The van der Waals surface area contributed by atoms with Gasteiger partial charge in [-0.15, -0.1) is 0 Å². The van der Waals surface area contributed by atoms with Crippen molar-refractivity contribution in [2.45, 2.75) is 6.61 Å². The van der Waals surface area contributed by atoms with E-state index in [1.54, 1.807) is 0 Å². The summed E-state index contributed by atoms with van der Waals surface area (Å²) in [7, 11) is 0. The van der Waals surface area contributed by atoms with E-state index >= 15 is 0 Å². The standard InChI is InChI=1S/C26H27N3O3/c30-25(27-23-7-3-1-4-8-23)19-28-15-17-29(18-16-28)26(31)22-13-11-21(12-14-22)20-32-24-9-5-2-6-10-24/h1-14H,15-20H2,(H,27,30). The first kappa shape index (κ1) is 21.6. The minimum Gasteiger partial charge on any atom is -0.489 e. The van der Waals surface area contributed by atoms with E-state index in [0.29, 0.717) is 44.9 Å². The summed E-state index contributed by atoms with van der Waals surface area (Å²) in [4.78, 5) is 29.0. The molecule has 0 saturated carbocycles. The molecular weight excluding hydrogens is 402 g/mol. The van der Waals surface area contributed by atoms with Crippen LogP contribution in [0.1, 0.15) is 15.9 Å². The third-order valence-corrected chi connectivity index (χ3v) is 5.43. The van der Waals surface area contributed by atoms with Gasteiger partial charge in [0, 0.05) is 37.4 Å². The van der Waals surface area contributed by atoms with E-state index in [4.69, 9.17) is 4.74 Å². The Bertz CT molecular complexity index is 1020. The van der Waals surface area contributed by atoms with Crippen molar-refractivity contribution in [3.8, 4) is 5.75 Å². The zero-order valence-corrected chi connectivity index (χ0v) is 17.9. The fourth-order valence-corrected chi connectivity index (χ4v) is 3.64. The number of amides is 2. The molecular formula is C26H27N3O3. The predicted octanol–water partition coefficient (Wildman–Crippen LogP) is 3.66. The maximum Gasteiger partial charge on any atom is 0.253 e. The fourth-order valence-electron chi connectivity index (χ4n) is 3.64. The Labute approximate surface area is 188 Å². The number of rotatable bonds is 7. The van der Waals surface area contributed by atoms with E-state index in [0.717, 1.165) is 17.0 Å². The lowest BCUT2D eigenvalue weighted by atomic mass is 10.1. The third-order valence-electron chi connectivity index (χ3n) is 5.43. The first-order chi connectivity index (χ1) is 15.7. The van der Waals surface area contributed by atoms with Crippen LogP contribution in [0.25, 0.3) is 0 Å². The van der Waals surface area contributed by atoms with Crippen molar-refractivity contribution in [2.75, 3.05) is 38.0 Å². The quantitative estimate of drug-likeness (QED) is 0.623. The van der Waals surface area contributed by atoms with Gasteiger partial charge in [-0.1, -0.05) is 48.5 Å². The maximum absolute atomic E-state index is 12.9. The van der Waals surface area contributed by atoms with Gasteiger partial charge in [0.1, 0.15) is 12.4 Å². The molecule has 3 aromatic rings. The predicted molar refractivity (Wildman–Crippen MR) is 125 cm³/mol. The molecule has 1 heterocycles. The van der Waals surface area contributed by atoms with Crippen molar-refractivity contribution < 1.29 is 14.3 Å². The molecule has 1 saturated heterocycles. The van der Waals surface area contributed by atoms with Gasteiger partial charge in [0.25, 0.3) is 5.91 Å². The van der Waals surface area contributed by atoms with E-state index in [1.165, 1.54) is 0 Å². The molecule has 4 rings (SSSR count). The van der Waals surface area contributed by atoms with Crippen LogP contribution in [-0.4, -0.2) is 54.3 Å². The summed E-state index contributed by atoms with van der Waals surface area (Å²) in [5.74, 6) is 0.807. The average Bonchev–Trinajstić information content (AvgIpc) is 2.84. The summed E-state index contributed by atoms with van der Waals surface area (Å²) in [6.45, 7) is 3.36. The molecule has 32 heavy (non-hydrogen) atoms.